The summed E-state index contributed by atoms with van der Waals surface area (Å²) in [5.74, 6) is 0. The number of hydrogen-bond acceptors (Lipinski definition) is 1. The topological polar surface area (TPSA) is 20.2 Å². The van der Waals surface area contributed by atoms with Crippen molar-refractivity contribution in [3.8, 4) is 0 Å². The molecule has 0 unspecified atom stereocenters. The van der Waals surface area contributed by atoms with Crippen molar-refractivity contribution in [1.82, 2.24) is 0 Å². The third-order valence-electron chi connectivity index (χ3n) is 0. The van der Waals surface area contributed by atoms with E-state index in [1.165, 1.54) is 0 Å². The van der Waals surface area contributed by atoms with Gasteiger partial charge >= 0.3 is 35.2 Å². The van der Waals surface area contributed by atoms with Crippen molar-refractivity contribution < 1.29 is 3.06 Å². The van der Waals surface area contributed by atoms with E-state index in [1.807, 2.05) is 8.97 Å². The predicted molar refractivity (Wildman–Crippen MR) is 19.7 cm³/mol. The number of rotatable bonds is 0. The molecule has 0 aromatic rings. The van der Waals surface area contributed by atoms with Crippen LogP contribution in [0.15, 0.2) is 0 Å². The molecule has 1 nitrogen and oxygen atoms in total. The molecule has 0 aliphatic heterocycles. The van der Waals surface area contributed by atoms with Crippen molar-refractivity contribution in [2.45, 2.75) is 8.97 Å². The Balaban J connectivity index is 2.32. The minimum absolute atomic E-state index is 1.66. The third-order valence-corrected chi connectivity index (χ3v) is 0. The molecular formula is C2H7OPb. The van der Waals surface area contributed by atoms with Crippen LogP contribution in [0.4, 0.5) is 0 Å². The second-order valence-electron chi connectivity index (χ2n) is 0.947. The van der Waals surface area contributed by atoms with E-state index < -0.39 is 23.2 Å². The van der Waals surface area contributed by atoms with Crippen LogP contribution in [-0.4, -0.2) is 26.2 Å². The van der Waals surface area contributed by atoms with E-state index in [9.17, 15) is 0 Å². The Morgan fingerprint density at radius 2 is 1.50 bits per heavy atom. The van der Waals surface area contributed by atoms with Gasteiger partial charge in [0.15, 0.2) is 0 Å². The fourth-order valence-electron chi connectivity index (χ4n) is 0. The fourth-order valence-corrected chi connectivity index (χ4v) is 0. The zero-order chi connectivity index (χ0) is 3.58. The van der Waals surface area contributed by atoms with Gasteiger partial charge in [0.25, 0.3) is 0 Å². The van der Waals surface area contributed by atoms with Gasteiger partial charge in [-0.2, -0.15) is 0 Å². The van der Waals surface area contributed by atoms with E-state index in [2.05, 4.69) is 0 Å². The van der Waals surface area contributed by atoms with Gasteiger partial charge in [0.1, 0.15) is 0 Å². The summed E-state index contributed by atoms with van der Waals surface area (Å²) in [7, 11) is 0. The van der Waals surface area contributed by atoms with Crippen LogP contribution >= 0.6 is 0 Å². The molecule has 25 valence electrons. The van der Waals surface area contributed by atoms with Gasteiger partial charge in [-0.05, 0) is 0 Å². The van der Waals surface area contributed by atoms with Gasteiger partial charge < -0.3 is 0 Å². The number of hydrogen-bond donors (Lipinski definition) is 1. The van der Waals surface area contributed by atoms with Crippen LogP contribution in [0.2, 0.25) is 8.97 Å². The molecule has 0 rings (SSSR count). The molecule has 0 bridgehead atoms. The standard InChI is InChI=1S/2CH3.H2O.Pb/h2*1H3;1H2;/q;;;+1/p-1. The first kappa shape index (κ1) is 4.88. The molecule has 0 fully saturated rings. The summed E-state index contributed by atoms with van der Waals surface area (Å²) in [6.45, 7) is 0. The zero-order valence-corrected chi connectivity index (χ0v) is 6.83. The Kier molecular flexibility index (Phi) is 2.61. The van der Waals surface area contributed by atoms with E-state index in [0.717, 1.165) is 0 Å². The maximum absolute atomic E-state index is 8.27. The second kappa shape index (κ2) is 2.14. The predicted octanol–water partition coefficient (Wildman–Crippen LogP) is 0.230. The first-order valence-corrected chi connectivity index (χ1v) is 10.7. The fraction of sp³-hybridized carbons (Fsp3) is 1.00. The molecule has 4 heavy (non-hydrogen) atoms. The second-order valence-corrected chi connectivity index (χ2v) is 8.31. The summed E-state index contributed by atoms with van der Waals surface area (Å²) in [6.07, 6.45) is 0. The minimum atomic E-state index is -1.66. The normalized spacial score (nSPS) is 9.00. The molecule has 0 aromatic heterocycles. The van der Waals surface area contributed by atoms with Crippen molar-refractivity contribution in [3.63, 3.8) is 0 Å². The van der Waals surface area contributed by atoms with Crippen molar-refractivity contribution in [2.75, 3.05) is 0 Å². The molecule has 0 saturated heterocycles. The molecular weight excluding hydrogens is 247 g/mol. The maximum atomic E-state index is 8.27. The summed E-state index contributed by atoms with van der Waals surface area (Å²) >= 11 is -1.66. The summed E-state index contributed by atoms with van der Waals surface area (Å²) in [6, 6.07) is 0. The van der Waals surface area contributed by atoms with Crippen LogP contribution in [0.5, 0.6) is 0 Å². The average Bonchev–Trinajstić information content (AvgIpc) is 0.811. The Morgan fingerprint density at radius 1 is 1.50 bits per heavy atom. The molecule has 0 aliphatic rings. The summed E-state index contributed by atoms with van der Waals surface area (Å²) < 4.78 is 12.1. The van der Waals surface area contributed by atoms with Crippen LogP contribution in [0.25, 0.3) is 0 Å². The van der Waals surface area contributed by atoms with Crippen molar-refractivity contribution in [1.29, 1.82) is 0 Å². The molecule has 1 N–H and O–H groups in total. The van der Waals surface area contributed by atoms with Crippen molar-refractivity contribution in [2.24, 2.45) is 0 Å². The Hall–Kier alpha value is 0.882. The SMILES string of the molecule is [CH3][Pb]([CH3])[OH]. The van der Waals surface area contributed by atoms with E-state index in [0.29, 0.717) is 0 Å². The molecule has 0 aromatic carbocycles. The van der Waals surface area contributed by atoms with Crippen molar-refractivity contribution >= 4 is 23.2 Å². The van der Waals surface area contributed by atoms with Gasteiger partial charge in [-0.15, -0.1) is 0 Å². The molecule has 0 amide bonds. The van der Waals surface area contributed by atoms with E-state index in [1.54, 1.807) is 0 Å². The van der Waals surface area contributed by atoms with Crippen molar-refractivity contribution in [3.05, 3.63) is 0 Å². The van der Waals surface area contributed by atoms with E-state index >= 15 is 0 Å². The summed E-state index contributed by atoms with van der Waals surface area (Å²) in [4.78, 5) is 0. The molecule has 0 spiro atoms. The average molecular weight is 254 g/mol. The molecule has 0 atom stereocenters. The Morgan fingerprint density at radius 3 is 1.50 bits per heavy atom. The van der Waals surface area contributed by atoms with E-state index in [-0.39, 0.29) is 0 Å². The molecule has 2 heteroatoms. The zero-order valence-electron chi connectivity index (χ0n) is 2.95. The van der Waals surface area contributed by atoms with Crippen LogP contribution in [0.1, 0.15) is 0 Å². The van der Waals surface area contributed by atoms with E-state index in [4.69, 9.17) is 3.06 Å². The van der Waals surface area contributed by atoms with Gasteiger partial charge in [-0.3, -0.25) is 0 Å². The molecule has 0 saturated carbocycles. The Labute approximate surface area is 35.4 Å². The first-order valence-electron chi connectivity index (χ1n) is 1.22. The van der Waals surface area contributed by atoms with Gasteiger partial charge in [0, 0.05) is 0 Å². The van der Waals surface area contributed by atoms with Gasteiger partial charge in [0.05, 0.1) is 0 Å². The quantitative estimate of drug-likeness (QED) is 0.614. The first-order chi connectivity index (χ1) is 1.73. The molecule has 0 aliphatic carbocycles. The third kappa shape index (κ3) is 13.1. The van der Waals surface area contributed by atoms with Gasteiger partial charge in [0.2, 0.25) is 0 Å². The van der Waals surface area contributed by atoms with Crippen LogP contribution < -0.4 is 0 Å². The summed E-state index contributed by atoms with van der Waals surface area (Å²) in [5.41, 5.74) is 0. The van der Waals surface area contributed by atoms with Crippen LogP contribution in [0, 0.1) is 0 Å². The summed E-state index contributed by atoms with van der Waals surface area (Å²) in [5, 5.41) is 0. The molecule has 0 heterocycles. The van der Waals surface area contributed by atoms with Crippen LogP contribution in [0.3, 0.4) is 0 Å². The monoisotopic (exact) mass is 255 g/mol. The Bertz CT molecular complexity index is 10.8. The van der Waals surface area contributed by atoms with Crippen LogP contribution in [-0.2, 0) is 0 Å². The molecule has 1 radical (unpaired) electrons. The van der Waals surface area contributed by atoms with Gasteiger partial charge in [-0.1, -0.05) is 0 Å². The van der Waals surface area contributed by atoms with Gasteiger partial charge in [-0.25, -0.2) is 0 Å².